The van der Waals surface area contributed by atoms with Crippen LogP contribution < -0.4 is 4.74 Å². The minimum absolute atomic E-state index is 0.0853. The van der Waals surface area contributed by atoms with Gasteiger partial charge in [0, 0.05) is 16.6 Å². The molecule has 152 valence electrons. The van der Waals surface area contributed by atoms with E-state index in [4.69, 9.17) is 0 Å². The molecule has 3 rings (SSSR count). The highest BCUT2D eigenvalue weighted by molar-refractivity contribution is 6.05. The molecule has 29 heavy (non-hydrogen) atoms. The Hall–Kier alpha value is -3.49. The number of carboxylic acid groups (broad SMARTS) is 1. The van der Waals surface area contributed by atoms with E-state index in [-0.39, 0.29) is 11.3 Å². The van der Waals surface area contributed by atoms with Crippen molar-refractivity contribution in [1.82, 2.24) is 4.57 Å². The molecule has 0 aliphatic heterocycles. The van der Waals surface area contributed by atoms with Crippen molar-refractivity contribution in [2.45, 2.75) is 26.1 Å². The quantitative estimate of drug-likeness (QED) is 0.668. The lowest BCUT2D eigenvalue weighted by Gasteiger charge is -2.11. The number of aliphatic carboxylic acids is 1. The van der Waals surface area contributed by atoms with Crippen molar-refractivity contribution in [3.05, 3.63) is 59.3 Å². The molecule has 0 radical (unpaired) electrons. The fraction of sp³-hybridized carbons (Fsp3) is 0.200. The Bertz CT molecular complexity index is 1100. The second-order valence-corrected chi connectivity index (χ2v) is 6.47. The van der Waals surface area contributed by atoms with Gasteiger partial charge in [-0.05, 0) is 61.9 Å². The first-order valence-corrected chi connectivity index (χ1v) is 8.47. The summed E-state index contributed by atoms with van der Waals surface area (Å²) in [5.41, 5.74) is 1.20. The molecule has 1 aromatic heterocycles. The van der Waals surface area contributed by atoms with Crippen LogP contribution >= 0.6 is 0 Å². The van der Waals surface area contributed by atoms with Gasteiger partial charge in [-0.2, -0.15) is 0 Å². The van der Waals surface area contributed by atoms with E-state index < -0.39 is 29.9 Å². The molecule has 6 nitrogen and oxygen atoms in total. The van der Waals surface area contributed by atoms with Crippen molar-refractivity contribution < 1.29 is 37.7 Å². The number of hydrogen-bond donors (Lipinski definition) is 2. The average Bonchev–Trinajstić information content (AvgIpc) is 2.90. The van der Waals surface area contributed by atoms with Gasteiger partial charge >= 0.3 is 12.3 Å². The van der Waals surface area contributed by atoms with Crippen LogP contribution in [0, 0.1) is 6.92 Å². The molecule has 0 saturated heterocycles. The Labute approximate surface area is 162 Å². The summed E-state index contributed by atoms with van der Waals surface area (Å²) in [6.07, 6.45) is -4.84. The number of alkyl halides is 3. The number of carboxylic acids is 1. The van der Waals surface area contributed by atoms with Crippen LogP contribution in [0.3, 0.4) is 0 Å². The number of phenolic OH excluding ortho intramolecular Hbond substituents is 1. The molecule has 0 spiro atoms. The van der Waals surface area contributed by atoms with Crippen LogP contribution in [-0.4, -0.2) is 33.0 Å². The van der Waals surface area contributed by atoms with E-state index in [1.54, 1.807) is 6.92 Å². The van der Waals surface area contributed by atoms with Gasteiger partial charge in [0.25, 0.3) is 5.91 Å². The fourth-order valence-corrected chi connectivity index (χ4v) is 3.29. The van der Waals surface area contributed by atoms with Crippen LogP contribution in [0.5, 0.6) is 11.5 Å². The van der Waals surface area contributed by atoms with E-state index >= 15 is 0 Å². The lowest BCUT2D eigenvalue weighted by Crippen LogP contribution is -2.17. The molecule has 1 heterocycles. The number of ether oxygens (including phenoxy) is 1. The number of aromatic hydroxyl groups is 1. The third-order valence-electron chi connectivity index (χ3n) is 4.58. The highest BCUT2D eigenvalue weighted by Gasteiger charge is 2.31. The zero-order valence-electron chi connectivity index (χ0n) is 15.3. The Kier molecular flexibility index (Phi) is 5.00. The van der Waals surface area contributed by atoms with Crippen LogP contribution in [0.15, 0.2) is 42.5 Å². The summed E-state index contributed by atoms with van der Waals surface area (Å²) in [6, 6.07) is 8.64. The minimum atomic E-state index is -4.84. The maximum absolute atomic E-state index is 13.1. The standard InChI is InChI=1S/C20H16F3NO5/c1-10(19(27)28)17-11(2)24(16-8-5-13(25)9-15(16)17)18(26)12-3-6-14(7-4-12)29-20(21,22)23/h3-10,25H,1-2H3,(H,27,28)/t10-/m1/s1. The lowest BCUT2D eigenvalue weighted by atomic mass is 9.98. The summed E-state index contributed by atoms with van der Waals surface area (Å²) in [5.74, 6) is -3.16. The van der Waals surface area contributed by atoms with E-state index in [0.29, 0.717) is 22.2 Å². The van der Waals surface area contributed by atoms with Crippen molar-refractivity contribution >= 4 is 22.8 Å². The summed E-state index contributed by atoms with van der Waals surface area (Å²) in [4.78, 5) is 24.6. The summed E-state index contributed by atoms with van der Waals surface area (Å²) >= 11 is 0. The number of carbonyl (C=O) groups is 2. The first-order valence-electron chi connectivity index (χ1n) is 8.47. The largest absolute Gasteiger partial charge is 0.573 e. The molecular weight excluding hydrogens is 391 g/mol. The molecule has 0 aliphatic carbocycles. The normalized spacial score (nSPS) is 12.7. The number of phenols is 1. The molecule has 2 aromatic carbocycles. The molecular formula is C20H16F3NO5. The van der Waals surface area contributed by atoms with Gasteiger partial charge in [0.2, 0.25) is 0 Å². The van der Waals surface area contributed by atoms with Gasteiger partial charge in [-0.3, -0.25) is 14.2 Å². The Morgan fingerprint density at radius 2 is 1.72 bits per heavy atom. The smallest absolute Gasteiger partial charge is 0.508 e. The first kappa shape index (κ1) is 20.2. The molecule has 0 aliphatic rings. The molecule has 0 unspecified atom stereocenters. The van der Waals surface area contributed by atoms with Crippen molar-refractivity contribution in [2.75, 3.05) is 0 Å². The van der Waals surface area contributed by atoms with Crippen molar-refractivity contribution in [1.29, 1.82) is 0 Å². The van der Waals surface area contributed by atoms with Crippen molar-refractivity contribution in [3.8, 4) is 11.5 Å². The van der Waals surface area contributed by atoms with Crippen LogP contribution in [0.1, 0.15) is 34.5 Å². The first-order chi connectivity index (χ1) is 13.5. The number of rotatable bonds is 4. The number of fused-ring (bicyclic) bond motifs is 1. The highest BCUT2D eigenvalue weighted by Crippen LogP contribution is 2.35. The van der Waals surface area contributed by atoms with Gasteiger partial charge < -0.3 is 14.9 Å². The molecule has 0 fully saturated rings. The van der Waals surface area contributed by atoms with Gasteiger partial charge in [-0.15, -0.1) is 13.2 Å². The Morgan fingerprint density at radius 1 is 1.10 bits per heavy atom. The van der Waals surface area contributed by atoms with Gasteiger partial charge in [0.1, 0.15) is 11.5 Å². The maximum atomic E-state index is 13.1. The number of carbonyl (C=O) groups excluding carboxylic acids is 1. The van der Waals surface area contributed by atoms with Gasteiger partial charge in [-0.1, -0.05) is 0 Å². The second kappa shape index (κ2) is 7.16. The number of aromatic nitrogens is 1. The lowest BCUT2D eigenvalue weighted by molar-refractivity contribution is -0.274. The Balaban J connectivity index is 2.11. The highest BCUT2D eigenvalue weighted by atomic mass is 19.4. The maximum Gasteiger partial charge on any atom is 0.573 e. The third-order valence-corrected chi connectivity index (χ3v) is 4.58. The molecule has 9 heteroatoms. The second-order valence-electron chi connectivity index (χ2n) is 6.47. The van der Waals surface area contributed by atoms with Crippen LogP contribution in [0.25, 0.3) is 10.9 Å². The van der Waals surface area contributed by atoms with Crippen molar-refractivity contribution in [3.63, 3.8) is 0 Å². The predicted molar refractivity (Wildman–Crippen MR) is 97.2 cm³/mol. The zero-order valence-corrected chi connectivity index (χ0v) is 15.3. The molecule has 2 N–H and O–H groups in total. The van der Waals surface area contributed by atoms with Crippen LogP contribution in [0.4, 0.5) is 13.2 Å². The zero-order chi connectivity index (χ0) is 21.5. The third kappa shape index (κ3) is 3.89. The molecule has 0 amide bonds. The summed E-state index contributed by atoms with van der Waals surface area (Å²) in [6.45, 7) is 3.04. The molecule has 1 atom stereocenters. The number of benzene rings is 2. The predicted octanol–water partition coefficient (Wildman–Crippen LogP) is 4.43. The van der Waals surface area contributed by atoms with E-state index in [1.807, 2.05) is 0 Å². The van der Waals surface area contributed by atoms with Crippen LogP contribution in [0.2, 0.25) is 0 Å². The summed E-state index contributed by atoms with van der Waals surface area (Å²) in [5, 5.41) is 19.6. The SMILES string of the molecule is Cc1c([C@@H](C)C(=O)O)c2cc(O)ccc2n1C(=O)c1ccc(OC(F)(F)F)cc1. The minimum Gasteiger partial charge on any atom is -0.508 e. The fourth-order valence-electron chi connectivity index (χ4n) is 3.29. The van der Waals surface area contributed by atoms with Gasteiger partial charge in [0.15, 0.2) is 0 Å². The molecule has 0 saturated carbocycles. The number of halogens is 3. The number of nitrogens with zero attached hydrogens (tertiary/aromatic N) is 1. The van der Waals surface area contributed by atoms with E-state index in [2.05, 4.69) is 4.74 Å². The molecule has 3 aromatic rings. The molecule has 0 bridgehead atoms. The van der Waals surface area contributed by atoms with Crippen molar-refractivity contribution in [2.24, 2.45) is 0 Å². The van der Waals surface area contributed by atoms with E-state index in [9.17, 15) is 33.0 Å². The topological polar surface area (TPSA) is 88.8 Å². The Morgan fingerprint density at radius 3 is 2.28 bits per heavy atom. The van der Waals surface area contributed by atoms with E-state index in [0.717, 1.165) is 12.1 Å². The summed E-state index contributed by atoms with van der Waals surface area (Å²) in [7, 11) is 0. The van der Waals surface area contributed by atoms with Crippen LogP contribution in [-0.2, 0) is 4.79 Å². The number of hydrogen-bond acceptors (Lipinski definition) is 4. The monoisotopic (exact) mass is 407 g/mol. The van der Waals surface area contributed by atoms with E-state index in [1.165, 1.54) is 41.8 Å². The summed E-state index contributed by atoms with van der Waals surface area (Å²) < 4.78 is 42.0. The average molecular weight is 407 g/mol. The van der Waals surface area contributed by atoms with Gasteiger partial charge in [0.05, 0.1) is 11.4 Å². The van der Waals surface area contributed by atoms with Gasteiger partial charge in [-0.25, -0.2) is 0 Å².